The molecule has 3 aliphatic rings. The smallest absolute Gasteiger partial charge is 0.166 e. The molecule has 0 aromatic heterocycles. The van der Waals surface area contributed by atoms with Gasteiger partial charge >= 0.3 is 0 Å². The zero-order chi connectivity index (χ0) is 11.8. The lowest BCUT2D eigenvalue weighted by atomic mass is 9.58. The third-order valence-electron chi connectivity index (χ3n) is 4.39. The number of nitrogens with zero attached hydrogens (tertiary/aromatic N) is 1. The monoisotopic (exact) mass is 221 g/mol. The van der Waals surface area contributed by atoms with Gasteiger partial charge in [0.1, 0.15) is 0 Å². The normalized spacial score (nSPS) is 33.9. The Kier molecular flexibility index (Phi) is 3.09. The second-order valence-electron chi connectivity index (χ2n) is 5.87. The van der Waals surface area contributed by atoms with Crippen LogP contribution in [-0.4, -0.2) is 24.8 Å². The maximum Gasteiger partial charge on any atom is 0.166 e. The Hall–Kier alpha value is -0.790. The van der Waals surface area contributed by atoms with E-state index in [2.05, 4.69) is 0 Å². The Labute approximate surface area is 98.7 Å². The van der Waals surface area contributed by atoms with Gasteiger partial charge in [0.15, 0.2) is 5.78 Å². The van der Waals surface area contributed by atoms with E-state index in [-0.39, 0.29) is 5.41 Å². The van der Waals surface area contributed by atoms with Gasteiger partial charge in [0.25, 0.3) is 0 Å². The van der Waals surface area contributed by atoms with Crippen molar-refractivity contribution >= 4 is 5.78 Å². The minimum absolute atomic E-state index is 0.0192. The summed E-state index contributed by atoms with van der Waals surface area (Å²) in [6, 6.07) is 0. The zero-order valence-electron chi connectivity index (χ0n) is 10.8. The molecular weight excluding hydrogens is 198 g/mol. The molecule has 0 heterocycles. The summed E-state index contributed by atoms with van der Waals surface area (Å²) >= 11 is 0. The van der Waals surface area contributed by atoms with Crippen molar-refractivity contribution in [2.75, 3.05) is 14.1 Å². The van der Waals surface area contributed by atoms with Crippen molar-refractivity contribution in [2.45, 2.75) is 45.4 Å². The minimum Gasteiger partial charge on any atom is -0.383 e. The molecule has 0 radical (unpaired) electrons. The maximum absolute atomic E-state index is 12.5. The van der Waals surface area contributed by atoms with Crippen molar-refractivity contribution in [3.8, 4) is 0 Å². The Balaban J connectivity index is 2.14. The highest BCUT2D eigenvalue weighted by Crippen LogP contribution is 2.51. The molecule has 0 unspecified atom stereocenters. The first kappa shape index (κ1) is 11.7. The van der Waals surface area contributed by atoms with E-state index in [0.717, 1.165) is 30.8 Å². The largest absolute Gasteiger partial charge is 0.383 e. The van der Waals surface area contributed by atoms with E-state index in [0.29, 0.717) is 5.78 Å². The topological polar surface area (TPSA) is 20.3 Å². The number of hydrogen-bond donors (Lipinski definition) is 0. The molecule has 3 rings (SSSR count). The van der Waals surface area contributed by atoms with E-state index in [4.69, 9.17) is 0 Å². The molecule has 0 saturated heterocycles. The molecule has 0 aromatic carbocycles. The standard InChI is InChI=1S/C14H23NO/c1-11(10-15(2)3)13(16)14-7-4-12(5-8-14)6-9-14/h10,12H,4-9H2,1-3H3/b11-10+. The molecule has 0 N–H and O–H groups in total. The molecule has 16 heavy (non-hydrogen) atoms. The van der Waals surface area contributed by atoms with Gasteiger partial charge in [0.2, 0.25) is 0 Å². The molecule has 3 fully saturated rings. The third kappa shape index (κ3) is 2.02. The van der Waals surface area contributed by atoms with Crippen LogP contribution in [0.4, 0.5) is 0 Å². The number of rotatable bonds is 3. The van der Waals surface area contributed by atoms with Gasteiger partial charge in [-0.25, -0.2) is 0 Å². The van der Waals surface area contributed by atoms with Gasteiger partial charge in [0.05, 0.1) is 0 Å². The molecule has 0 aliphatic heterocycles. The fraction of sp³-hybridized carbons (Fsp3) is 0.786. The van der Waals surface area contributed by atoms with E-state index < -0.39 is 0 Å². The predicted octanol–water partition coefficient (Wildman–Crippen LogP) is 2.99. The number of hydrogen-bond acceptors (Lipinski definition) is 2. The van der Waals surface area contributed by atoms with Crippen LogP contribution in [-0.2, 0) is 4.79 Å². The summed E-state index contributed by atoms with van der Waals surface area (Å²) < 4.78 is 0. The molecular formula is C14H23NO. The summed E-state index contributed by atoms with van der Waals surface area (Å²) in [6.45, 7) is 1.97. The van der Waals surface area contributed by atoms with E-state index in [9.17, 15) is 4.79 Å². The molecule has 0 amide bonds. The van der Waals surface area contributed by atoms with Crippen molar-refractivity contribution in [3.63, 3.8) is 0 Å². The van der Waals surface area contributed by atoms with Crippen LogP contribution in [0.25, 0.3) is 0 Å². The molecule has 90 valence electrons. The van der Waals surface area contributed by atoms with Crippen LogP contribution >= 0.6 is 0 Å². The quantitative estimate of drug-likeness (QED) is 0.683. The average molecular weight is 221 g/mol. The first-order valence-electron chi connectivity index (χ1n) is 6.43. The van der Waals surface area contributed by atoms with Crippen molar-refractivity contribution in [1.29, 1.82) is 0 Å². The summed E-state index contributed by atoms with van der Waals surface area (Å²) in [5.41, 5.74) is 0.955. The van der Waals surface area contributed by atoms with Gasteiger partial charge in [-0.1, -0.05) is 0 Å². The van der Waals surface area contributed by atoms with Crippen molar-refractivity contribution in [3.05, 3.63) is 11.8 Å². The lowest BCUT2D eigenvalue weighted by Gasteiger charge is -2.45. The highest BCUT2D eigenvalue weighted by molar-refractivity contribution is 5.99. The summed E-state index contributed by atoms with van der Waals surface area (Å²) in [4.78, 5) is 14.5. The first-order chi connectivity index (χ1) is 7.53. The van der Waals surface area contributed by atoms with Crippen molar-refractivity contribution in [2.24, 2.45) is 11.3 Å². The maximum atomic E-state index is 12.5. The minimum atomic E-state index is 0.0192. The lowest BCUT2D eigenvalue weighted by molar-refractivity contribution is -0.130. The second kappa shape index (κ2) is 4.23. The Bertz CT molecular complexity index is 295. The fourth-order valence-electron chi connectivity index (χ4n) is 3.45. The highest BCUT2D eigenvalue weighted by atomic mass is 16.1. The van der Waals surface area contributed by atoms with Crippen molar-refractivity contribution < 1.29 is 4.79 Å². The van der Waals surface area contributed by atoms with Crippen LogP contribution in [0.5, 0.6) is 0 Å². The van der Waals surface area contributed by atoms with E-state index >= 15 is 0 Å². The molecule has 2 heteroatoms. The number of ketones is 1. The summed E-state index contributed by atoms with van der Waals surface area (Å²) in [5.74, 6) is 1.34. The second-order valence-corrected chi connectivity index (χ2v) is 5.87. The van der Waals surface area contributed by atoms with Gasteiger partial charge < -0.3 is 4.90 Å². The first-order valence-corrected chi connectivity index (χ1v) is 6.43. The molecule has 2 nitrogen and oxygen atoms in total. The van der Waals surface area contributed by atoms with E-state index in [1.54, 1.807) is 0 Å². The molecule has 2 bridgehead atoms. The van der Waals surface area contributed by atoms with Crippen LogP contribution in [0, 0.1) is 11.3 Å². The van der Waals surface area contributed by atoms with Gasteiger partial charge in [-0.2, -0.15) is 0 Å². The molecule has 0 spiro atoms. The number of fused-ring (bicyclic) bond motifs is 3. The van der Waals surface area contributed by atoms with Gasteiger partial charge in [-0.05, 0) is 51.4 Å². The number of allylic oxidation sites excluding steroid dienone is 1. The Morgan fingerprint density at radius 1 is 1.19 bits per heavy atom. The highest BCUT2D eigenvalue weighted by Gasteiger charge is 2.45. The fourth-order valence-corrected chi connectivity index (χ4v) is 3.45. The van der Waals surface area contributed by atoms with E-state index in [1.165, 1.54) is 19.3 Å². The van der Waals surface area contributed by atoms with Crippen molar-refractivity contribution in [1.82, 2.24) is 4.90 Å². The van der Waals surface area contributed by atoms with Gasteiger partial charge in [0, 0.05) is 31.3 Å². The zero-order valence-corrected chi connectivity index (χ0v) is 10.8. The summed E-state index contributed by atoms with van der Waals surface area (Å²) in [5, 5.41) is 0. The molecule has 3 aliphatic carbocycles. The number of carbonyl (C=O) groups is 1. The predicted molar refractivity (Wildman–Crippen MR) is 66.1 cm³/mol. The third-order valence-corrected chi connectivity index (χ3v) is 4.39. The Morgan fingerprint density at radius 3 is 2.12 bits per heavy atom. The van der Waals surface area contributed by atoms with Crippen LogP contribution in [0.15, 0.2) is 11.8 Å². The number of carbonyl (C=O) groups excluding carboxylic acids is 1. The van der Waals surface area contributed by atoms with Crippen LogP contribution in [0.3, 0.4) is 0 Å². The SMILES string of the molecule is C/C(=C\N(C)C)C(=O)C12CCC(CC1)CC2. The van der Waals surface area contributed by atoms with Crippen LogP contribution in [0.2, 0.25) is 0 Å². The van der Waals surface area contributed by atoms with Gasteiger partial charge in [-0.3, -0.25) is 4.79 Å². The summed E-state index contributed by atoms with van der Waals surface area (Å²) in [7, 11) is 3.96. The van der Waals surface area contributed by atoms with Crippen LogP contribution < -0.4 is 0 Å². The van der Waals surface area contributed by atoms with Crippen LogP contribution in [0.1, 0.15) is 45.4 Å². The Morgan fingerprint density at radius 2 is 1.69 bits per heavy atom. The average Bonchev–Trinajstić information content (AvgIpc) is 2.29. The molecule has 0 aromatic rings. The molecule has 3 saturated carbocycles. The molecule has 0 atom stereocenters. The summed E-state index contributed by atoms with van der Waals surface area (Å²) in [6.07, 6.45) is 9.21. The lowest BCUT2D eigenvalue weighted by Crippen LogP contribution is -2.41. The van der Waals surface area contributed by atoms with E-state index in [1.807, 2.05) is 32.1 Å². The van der Waals surface area contributed by atoms with Gasteiger partial charge in [-0.15, -0.1) is 0 Å². The number of Topliss-reactive ketones (excluding diaryl/α,β-unsaturated/α-hetero) is 1.